The second-order valence-corrected chi connectivity index (χ2v) is 9.87. The summed E-state index contributed by atoms with van der Waals surface area (Å²) >= 11 is 0. The number of hydrogen-bond acceptors (Lipinski definition) is 2. The zero-order chi connectivity index (χ0) is 20.4. The highest BCUT2D eigenvalue weighted by Crippen LogP contribution is 2.68. The van der Waals surface area contributed by atoms with Crippen LogP contribution in [-0.4, -0.2) is 36.3 Å². The van der Waals surface area contributed by atoms with Crippen molar-refractivity contribution in [1.29, 1.82) is 0 Å². The maximum Gasteiger partial charge on any atom is 0.255 e. The van der Waals surface area contributed by atoms with Crippen molar-refractivity contribution in [1.82, 2.24) is 9.80 Å². The molecule has 2 aromatic rings. The lowest BCUT2D eigenvalue weighted by Crippen LogP contribution is -2.64. The molecule has 2 bridgehead atoms. The quantitative estimate of drug-likeness (QED) is 0.711. The molecule has 6 rings (SSSR count). The summed E-state index contributed by atoms with van der Waals surface area (Å²) in [6, 6.07) is 18.7. The minimum atomic E-state index is -0.340. The molecule has 0 aromatic heterocycles. The minimum Gasteiger partial charge on any atom is -0.321 e. The van der Waals surface area contributed by atoms with E-state index in [1.54, 1.807) is 0 Å². The van der Waals surface area contributed by atoms with E-state index in [4.69, 9.17) is 0 Å². The third-order valence-corrected chi connectivity index (χ3v) is 7.61. The molecule has 3 aliphatic carbocycles. The first-order chi connectivity index (χ1) is 13.9. The fraction of sp³-hybridized carbons (Fsp3) is 0.423. The van der Waals surface area contributed by atoms with Crippen LogP contribution in [0.1, 0.15) is 41.8 Å². The molecule has 0 radical (unpaired) electrons. The first-order valence-electron chi connectivity index (χ1n) is 10.7. The molecule has 150 valence electrons. The molecule has 1 saturated carbocycles. The fourth-order valence-corrected chi connectivity index (χ4v) is 6.28. The number of rotatable bonds is 4. The molecule has 3 heteroatoms. The fourth-order valence-electron chi connectivity index (χ4n) is 6.28. The van der Waals surface area contributed by atoms with Gasteiger partial charge in [-0.15, -0.1) is 0 Å². The molecule has 0 unspecified atom stereocenters. The summed E-state index contributed by atoms with van der Waals surface area (Å²) in [7, 11) is 4.28. The first-order valence-corrected chi connectivity index (χ1v) is 10.7. The maximum absolute atomic E-state index is 13.7. The molecular formula is C26H30N2O. The molecule has 3 atom stereocenters. The Hall–Kier alpha value is -2.39. The van der Waals surface area contributed by atoms with E-state index in [2.05, 4.69) is 80.2 Å². The number of nitrogens with zero attached hydrogens (tertiary/aromatic N) is 2. The molecule has 1 fully saturated rings. The van der Waals surface area contributed by atoms with Crippen LogP contribution in [0.4, 0.5) is 0 Å². The van der Waals surface area contributed by atoms with Crippen LogP contribution in [0.2, 0.25) is 0 Å². The molecule has 1 amide bonds. The standard InChI is InChI=1S/C26H30N2O/c1-25(2)22-14-23(25)26(15-19(22)17-27(3)4)21-13-9-8-12-20(21)24(29)28(26)16-18-10-6-5-7-11-18/h5-13,15,22-23H,14,16-17H2,1-4H3/t22-,23-,26-/m1/s1. The van der Waals surface area contributed by atoms with Gasteiger partial charge in [0.15, 0.2) is 0 Å². The smallest absolute Gasteiger partial charge is 0.255 e. The number of fused-ring (bicyclic) bond motifs is 1. The molecule has 3 nitrogen and oxygen atoms in total. The highest BCUT2D eigenvalue weighted by molar-refractivity contribution is 6.00. The topological polar surface area (TPSA) is 23.6 Å². The van der Waals surface area contributed by atoms with Crippen LogP contribution >= 0.6 is 0 Å². The van der Waals surface area contributed by atoms with Crippen molar-refractivity contribution >= 4 is 5.91 Å². The molecule has 1 spiro atoms. The Morgan fingerprint density at radius 2 is 1.72 bits per heavy atom. The monoisotopic (exact) mass is 386 g/mol. The molecule has 0 saturated heterocycles. The van der Waals surface area contributed by atoms with Crippen molar-refractivity contribution in [2.45, 2.75) is 32.4 Å². The van der Waals surface area contributed by atoms with Gasteiger partial charge in [0.25, 0.3) is 5.91 Å². The lowest BCUT2D eigenvalue weighted by molar-refractivity contribution is -0.101. The van der Waals surface area contributed by atoms with Crippen molar-refractivity contribution < 1.29 is 4.79 Å². The van der Waals surface area contributed by atoms with Gasteiger partial charge < -0.3 is 9.80 Å². The number of likely N-dealkylation sites (N-methyl/N-ethyl adjacent to an activating group) is 1. The number of hydrogen-bond donors (Lipinski definition) is 0. The highest BCUT2D eigenvalue weighted by Gasteiger charge is 2.66. The van der Waals surface area contributed by atoms with Crippen LogP contribution < -0.4 is 0 Å². The van der Waals surface area contributed by atoms with Crippen LogP contribution in [0.25, 0.3) is 0 Å². The largest absolute Gasteiger partial charge is 0.321 e. The Morgan fingerprint density at radius 1 is 1.03 bits per heavy atom. The zero-order valence-corrected chi connectivity index (χ0v) is 17.9. The van der Waals surface area contributed by atoms with Crippen LogP contribution in [0.15, 0.2) is 66.2 Å². The SMILES string of the molecule is CN(C)CC1=C[C@@]2(c3ccccc3C(=O)N2Cc2ccccc2)[C@@H]2C[C@H]1C2(C)C. The van der Waals surface area contributed by atoms with Gasteiger partial charge in [-0.25, -0.2) is 0 Å². The predicted molar refractivity (Wildman–Crippen MR) is 116 cm³/mol. The summed E-state index contributed by atoms with van der Waals surface area (Å²) in [5.41, 5.74) is 4.61. The number of carbonyl (C=O) groups excluding carboxylic acids is 1. The Kier molecular flexibility index (Phi) is 4.05. The average Bonchev–Trinajstić information content (AvgIpc) is 2.91. The van der Waals surface area contributed by atoms with Gasteiger partial charge >= 0.3 is 0 Å². The molecular weight excluding hydrogens is 356 g/mol. The van der Waals surface area contributed by atoms with Gasteiger partial charge in [0.05, 0.1) is 5.54 Å². The van der Waals surface area contributed by atoms with Crippen molar-refractivity contribution in [2.75, 3.05) is 20.6 Å². The second kappa shape index (κ2) is 6.30. The van der Waals surface area contributed by atoms with Crippen LogP contribution in [-0.2, 0) is 12.1 Å². The molecule has 4 aliphatic rings. The summed E-state index contributed by atoms with van der Waals surface area (Å²) in [6.45, 7) is 6.42. The predicted octanol–water partition coefficient (Wildman–Crippen LogP) is 4.70. The highest BCUT2D eigenvalue weighted by atomic mass is 16.2. The molecule has 0 N–H and O–H groups in total. The number of amides is 1. The Morgan fingerprint density at radius 3 is 2.41 bits per heavy atom. The van der Waals surface area contributed by atoms with Crippen LogP contribution in [0.5, 0.6) is 0 Å². The van der Waals surface area contributed by atoms with Gasteiger partial charge in [0.2, 0.25) is 0 Å². The third kappa shape index (κ3) is 2.50. The maximum atomic E-state index is 13.7. The summed E-state index contributed by atoms with van der Waals surface area (Å²) in [6.07, 6.45) is 3.64. The summed E-state index contributed by atoms with van der Waals surface area (Å²) in [4.78, 5) is 18.1. The summed E-state index contributed by atoms with van der Waals surface area (Å²) in [5, 5.41) is 0. The van der Waals surface area contributed by atoms with E-state index in [-0.39, 0.29) is 16.9 Å². The average molecular weight is 387 g/mol. The van der Waals surface area contributed by atoms with Crippen molar-refractivity contribution in [2.24, 2.45) is 17.3 Å². The van der Waals surface area contributed by atoms with Crippen molar-refractivity contribution in [3.05, 3.63) is 82.9 Å². The zero-order valence-electron chi connectivity index (χ0n) is 17.9. The van der Waals surface area contributed by atoms with Gasteiger partial charge in [-0.1, -0.05) is 74.0 Å². The molecule has 2 aromatic carbocycles. The van der Waals surface area contributed by atoms with Crippen molar-refractivity contribution in [3.63, 3.8) is 0 Å². The Labute approximate surface area is 174 Å². The summed E-state index contributed by atoms with van der Waals surface area (Å²) in [5.74, 6) is 1.23. The number of carbonyl (C=O) groups is 1. The van der Waals surface area contributed by atoms with Crippen LogP contribution in [0.3, 0.4) is 0 Å². The van der Waals surface area contributed by atoms with E-state index in [9.17, 15) is 4.79 Å². The minimum absolute atomic E-state index is 0.172. The van der Waals surface area contributed by atoms with Gasteiger partial charge in [0.1, 0.15) is 0 Å². The van der Waals surface area contributed by atoms with Crippen molar-refractivity contribution in [3.8, 4) is 0 Å². The lowest BCUT2D eigenvalue weighted by atomic mass is 9.42. The Balaban J connectivity index is 1.71. The normalized spacial score (nSPS) is 29.1. The molecule has 1 heterocycles. The van der Waals surface area contributed by atoms with E-state index in [0.717, 1.165) is 12.1 Å². The van der Waals surface area contributed by atoms with Gasteiger partial charge in [-0.3, -0.25) is 4.79 Å². The van der Waals surface area contributed by atoms with E-state index in [0.29, 0.717) is 18.4 Å². The van der Waals surface area contributed by atoms with Gasteiger partial charge in [-0.05, 0) is 55.0 Å². The summed E-state index contributed by atoms with van der Waals surface area (Å²) < 4.78 is 0. The van der Waals surface area contributed by atoms with Gasteiger partial charge in [0, 0.05) is 18.7 Å². The van der Waals surface area contributed by atoms with Gasteiger partial charge in [-0.2, -0.15) is 0 Å². The van der Waals surface area contributed by atoms with E-state index in [1.165, 1.54) is 23.1 Å². The third-order valence-electron chi connectivity index (χ3n) is 7.61. The molecule has 1 aliphatic heterocycles. The number of benzene rings is 2. The second-order valence-electron chi connectivity index (χ2n) is 9.87. The van der Waals surface area contributed by atoms with Crippen LogP contribution in [0, 0.1) is 17.3 Å². The van der Waals surface area contributed by atoms with E-state index in [1.807, 2.05) is 18.2 Å². The lowest BCUT2D eigenvalue weighted by Gasteiger charge is -2.65. The first kappa shape index (κ1) is 18.6. The van der Waals surface area contributed by atoms with E-state index < -0.39 is 0 Å². The molecule has 29 heavy (non-hydrogen) atoms. The Bertz CT molecular complexity index is 991. The van der Waals surface area contributed by atoms with E-state index >= 15 is 0 Å².